The Labute approximate surface area is 147 Å². The topological polar surface area (TPSA) is 50.4 Å². The molecule has 2 N–H and O–H groups in total. The SMILES string of the molecule is COc1ccc(-c2csc(CNC(=O)CCC3CCNC3)c2)cc1. The van der Waals surface area contributed by atoms with Gasteiger partial charge in [-0.05, 0) is 66.6 Å². The van der Waals surface area contributed by atoms with Crippen molar-refractivity contribution in [3.05, 3.63) is 40.6 Å². The van der Waals surface area contributed by atoms with Gasteiger partial charge in [0.05, 0.1) is 13.7 Å². The Bertz CT molecular complexity index is 660. The lowest BCUT2D eigenvalue weighted by Gasteiger charge is -2.08. The number of hydrogen-bond donors (Lipinski definition) is 2. The average Bonchev–Trinajstić information content (AvgIpc) is 3.30. The van der Waals surface area contributed by atoms with Crippen LogP contribution >= 0.6 is 11.3 Å². The summed E-state index contributed by atoms with van der Waals surface area (Å²) in [7, 11) is 1.67. The molecule has 4 nitrogen and oxygen atoms in total. The normalized spacial score (nSPS) is 17.0. The molecule has 1 fully saturated rings. The fourth-order valence-electron chi connectivity index (χ4n) is 2.98. The lowest BCUT2D eigenvalue weighted by atomic mass is 10.0. The number of nitrogens with one attached hydrogen (secondary N) is 2. The summed E-state index contributed by atoms with van der Waals surface area (Å²) in [5.41, 5.74) is 2.35. The van der Waals surface area contributed by atoms with Crippen molar-refractivity contribution in [3.63, 3.8) is 0 Å². The van der Waals surface area contributed by atoms with Crippen LogP contribution in [0.1, 0.15) is 24.1 Å². The van der Waals surface area contributed by atoms with Crippen LogP contribution in [0, 0.1) is 5.92 Å². The van der Waals surface area contributed by atoms with Gasteiger partial charge in [-0.2, -0.15) is 0 Å². The molecule has 1 aliphatic rings. The van der Waals surface area contributed by atoms with Gasteiger partial charge in [0.1, 0.15) is 5.75 Å². The number of carbonyl (C=O) groups is 1. The van der Waals surface area contributed by atoms with E-state index in [1.165, 1.54) is 22.4 Å². The minimum atomic E-state index is 0.154. The lowest BCUT2D eigenvalue weighted by Crippen LogP contribution is -2.23. The molecule has 1 atom stereocenters. The summed E-state index contributed by atoms with van der Waals surface area (Å²) < 4.78 is 5.19. The number of rotatable bonds is 7. The van der Waals surface area contributed by atoms with E-state index in [1.54, 1.807) is 18.4 Å². The molecule has 0 spiro atoms. The maximum atomic E-state index is 12.0. The largest absolute Gasteiger partial charge is 0.497 e. The van der Waals surface area contributed by atoms with Crippen molar-refractivity contribution in [1.29, 1.82) is 0 Å². The molecule has 1 aromatic carbocycles. The minimum Gasteiger partial charge on any atom is -0.497 e. The molecule has 2 heterocycles. The lowest BCUT2D eigenvalue weighted by molar-refractivity contribution is -0.121. The highest BCUT2D eigenvalue weighted by Crippen LogP contribution is 2.27. The quantitative estimate of drug-likeness (QED) is 0.809. The fourth-order valence-corrected chi connectivity index (χ4v) is 3.81. The van der Waals surface area contributed by atoms with Crippen LogP contribution in [-0.2, 0) is 11.3 Å². The molecule has 1 unspecified atom stereocenters. The molecule has 1 amide bonds. The number of thiophene rings is 1. The Balaban J connectivity index is 1.47. The van der Waals surface area contributed by atoms with Gasteiger partial charge in [-0.3, -0.25) is 4.79 Å². The Kier molecular flexibility index (Phi) is 5.88. The second kappa shape index (κ2) is 8.31. The van der Waals surface area contributed by atoms with Crippen LogP contribution in [0.15, 0.2) is 35.7 Å². The highest BCUT2D eigenvalue weighted by atomic mass is 32.1. The number of carbonyl (C=O) groups excluding carboxylic acids is 1. The van der Waals surface area contributed by atoms with Gasteiger partial charge in [0, 0.05) is 11.3 Å². The van der Waals surface area contributed by atoms with Crippen LogP contribution in [0.5, 0.6) is 5.75 Å². The number of methoxy groups -OCH3 is 1. The van der Waals surface area contributed by atoms with E-state index in [0.717, 1.165) is 25.3 Å². The highest BCUT2D eigenvalue weighted by Gasteiger charge is 2.15. The van der Waals surface area contributed by atoms with E-state index < -0.39 is 0 Å². The van der Waals surface area contributed by atoms with Crippen molar-refractivity contribution in [1.82, 2.24) is 10.6 Å². The molecule has 0 bridgehead atoms. The first kappa shape index (κ1) is 17.0. The van der Waals surface area contributed by atoms with Crippen molar-refractivity contribution >= 4 is 17.2 Å². The van der Waals surface area contributed by atoms with Crippen LogP contribution in [0.25, 0.3) is 11.1 Å². The summed E-state index contributed by atoms with van der Waals surface area (Å²) >= 11 is 1.68. The molecule has 5 heteroatoms. The van der Waals surface area contributed by atoms with Gasteiger partial charge in [0.2, 0.25) is 5.91 Å². The maximum absolute atomic E-state index is 12.0. The first-order valence-electron chi connectivity index (χ1n) is 8.44. The molecule has 128 valence electrons. The third-order valence-electron chi connectivity index (χ3n) is 4.48. The van der Waals surface area contributed by atoms with Gasteiger partial charge in [0.25, 0.3) is 0 Å². The summed E-state index contributed by atoms with van der Waals surface area (Å²) in [4.78, 5) is 13.2. The van der Waals surface area contributed by atoms with E-state index in [0.29, 0.717) is 18.9 Å². The van der Waals surface area contributed by atoms with Crippen molar-refractivity contribution < 1.29 is 9.53 Å². The zero-order valence-corrected chi connectivity index (χ0v) is 14.8. The first-order valence-corrected chi connectivity index (χ1v) is 9.32. The molecular weight excluding hydrogens is 320 g/mol. The van der Waals surface area contributed by atoms with Gasteiger partial charge in [-0.15, -0.1) is 11.3 Å². The van der Waals surface area contributed by atoms with Crippen LogP contribution in [0.3, 0.4) is 0 Å². The molecule has 1 saturated heterocycles. The smallest absolute Gasteiger partial charge is 0.220 e. The van der Waals surface area contributed by atoms with Gasteiger partial charge in [-0.25, -0.2) is 0 Å². The van der Waals surface area contributed by atoms with Crippen LogP contribution in [0.2, 0.25) is 0 Å². The number of benzene rings is 1. The molecular formula is C19H24N2O2S. The molecule has 0 radical (unpaired) electrons. The van der Waals surface area contributed by atoms with E-state index in [9.17, 15) is 4.79 Å². The van der Waals surface area contributed by atoms with E-state index >= 15 is 0 Å². The molecule has 0 aliphatic carbocycles. The minimum absolute atomic E-state index is 0.154. The summed E-state index contributed by atoms with van der Waals surface area (Å²) in [6.07, 6.45) is 2.81. The van der Waals surface area contributed by atoms with E-state index in [1.807, 2.05) is 12.1 Å². The number of ether oxygens (including phenoxy) is 1. The van der Waals surface area contributed by atoms with Crippen molar-refractivity contribution in [2.75, 3.05) is 20.2 Å². The Morgan fingerprint density at radius 3 is 2.88 bits per heavy atom. The Hall–Kier alpha value is -1.85. The highest BCUT2D eigenvalue weighted by molar-refractivity contribution is 7.10. The summed E-state index contributed by atoms with van der Waals surface area (Å²) in [5.74, 6) is 1.68. The predicted octanol–water partition coefficient (Wildman–Crippen LogP) is 3.43. The van der Waals surface area contributed by atoms with Crippen molar-refractivity contribution in [2.24, 2.45) is 5.92 Å². The second-order valence-electron chi connectivity index (χ2n) is 6.20. The zero-order chi connectivity index (χ0) is 16.8. The maximum Gasteiger partial charge on any atom is 0.220 e. The molecule has 2 aromatic rings. The van der Waals surface area contributed by atoms with Gasteiger partial charge in [-0.1, -0.05) is 12.1 Å². The van der Waals surface area contributed by atoms with E-state index in [-0.39, 0.29) is 5.91 Å². The first-order chi connectivity index (χ1) is 11.7. The van der Waals surface area contributed by atoms with Gasteiger partial charge >= 0.3 is 0 Å². The third-order valence-corrected chi connectivity index (χ3v) is 5.42. The molecule has 24 heavy (non-hydrogen) atoms. The molecule has 1 aromatic heterocycles. The van der Waals surface area contributed by atoms with Crippen molar-refractivity contribution in [2.45, 2.75) is 25.8 Å². The summed E-state index contributed by atoms with van der Waals surface area (Å²) in [6.45, 7) is 2.77. The van der Waals surface area contributed by atoms with Gasteiger partial charge < -0.3 is 15.4 Å². The predicted molar refractivity (Wildman–Crippen MR) is 98.4 cm³/mol. The molecule has 0 saturated carbocycles. The van der Waals surface area contributed by atoms with Crippen LogP contribution < -0.4 is 15.4 Å². The summed E-state index contributed by atoms with van der Waals surface area (Å²) in [6, 6.07) is 10.2. The van der Waals surface area contributed by atoms with E-state index in [2.05, 4.69) is 34.2 Å². The summed E-state index contributed by atoms with van der Waals surface area (Å²) in [5, 5.41) is 8.51. The van der Waals surface area contributed by atoms with Crippen molar-refractivity contribution in [3.8, 4) is 16.9 Å². The standard InChI is InChI=1S/C19H24N2O2S/c1-23-17-5-3-15(4-6-17)16-10-18(24-13-16)12-21-19(22)7-2-14-8-9-20-11-14/h3-6,10,13-14,20H,2,7-9,11-12H2,1H3,(H,21,22). The number of amides is 1. The molecule has 3 rings (SSSR count). The monoisotopic (exact) mass is 344 g/mol. The van der Waals surface area contributed by atoms with Gasteiger partial charge in [0.15, 0.2) is 0 Å². The Morgan fingerprint density at radius 2 is 2.17 bits per heavy atom. The number of hydrogen-bond acceptors (Lipinski definition) is 4. The van der Waals surface area contributed by atoms with Crippen LogP contribution in [-0.4, -0.2) is 26.1 Å². The van der Waals surface area contributed by atoms with Crippen LogP contribution in [0.4, 0.5) is 0 Å². The molecule has 1 aliphatic heterocycles. The fraction of sp³-hybridized carbons (Fsp3) is 0.421. The third kappa shape index (κ3) is 4.58. The Morgan fingerprint density at radius 1 is 1.33 bits per heavy atom. The average molecular weight is 344 g/mol. The zero-order valence-electron chi connectivity index (χ0n) is 14.0. The van der Waals surface area contributed by atoms with E-state index in [4.69, 9.17) is 4.74 Å². The second-order valence-corrected chi connectivity index (χ2v) is 7.20.